The summed E-state index contributed by atoms with van der Waals surface area (Å²) in [6.07, 6.45) is 1.45. The first kappa shape index (κ1) is 14.6. The lowest BCUT2D eigenvalue weighted by Gasteiger charge is -2.03. The van der Waals surface area contributed by atoms with E-state index in [0.29, 0.717) is 0 Å². The first-order valence-corrected chi connectivity index (χ1v) is 11.0. The number of benzene rings is 4. The van der Waals surface area contributed by atoms with E-state index in [-0.39, 0.29) is 5.56 Å². The molecular weight excluding hydrogens is 404 g/mol. The molecule has 0 unspecified atom stereocenters. The van der Waals surface area contributed by atoms with Crippen molar-refractivity contribution in [3.8, 4) is 11.3 Å². The number of pyridine rings is 1. The van der Waals surface area contributed by atoms with Crippen molar-refractivity contribution < 1.29 is 8.53 Å². The summed E-state index contributed by atoms with van der Waals surface area (Å²) in [5.41, 5.74) is 7.17. The largest absolute Gasteiger partial charge is 0.456 e. The number of hydrogen-bond donors (Lipinski definition) is 0. The van der Waals surface area contributed by atoms with Crippen LogP contribution in [0.3, 0.4) is 0 Å². The van der Waals surface area contributed by atoms with Crippen LogP contribution in [0.4, 0.5) is 0 Å². The SMILES string of the molecule is [2H]C([2H])([2H])c1ccc(-c2ccc3c(c2)c2cccc4c5cc6c(cc5n3c24)oc2ccccc26)nc1. The van der Waals surface area contributed by atoms with Crippen LogP contribution in [-0.4, -0.2) is 9.38 Å². The summed E-state index contributed by atoms with van der Waals surface area (Å²) in [6.45, 7) is -2.16. The van der Waals surface area contributed by atoms with E-state index in [1.54, 1.807) is 12.1 Å². The number of nitrogens with zero attached hydrogens (tertiary/aromatic N) is 2. The summed E-state index contributed by atoms with van der Waals surface area (Å²) in [5, 5.41) is 7.01. The maximum atomic E-state index is 7.60. The average molecular weight is 426 g/mol. The summed E-state index contributed by atoms with van der Waals surface area (Å²) in [6, 6.07) is 28.8. The molecule has 4 aromatic carbocycles. The quantitative estimate of drug-likeness (QED) is 0.266. The highest BCUT2D eigenvalue weighted by molar-refractivity contribution is 6.25. The second-order valence-corrected chi connectivity index (χ2v) is 8.66. The van der Waals surface area contributed by atoms with Crippen LogP contribution in [0.25, 0.3) is 71.3 Å². The maximum absolute atomic E-state index is 7.60. The topological polar surface area (TPSA) is 30.4 Å². The number of aromatic nitrogens is 2. The van der Waals surface area contributed by atoms with Crippen molar-refractivity contribution in [1.29, 1.82) is 0 Å². The molecule has 4 heterocycles. The van der Waals surface area contributed by atoms with Gasteiger partial charge in [0.05, 0.1) is 22.2 Å². The minimum atomic E-state index is -2.16. The van der Waals surface area contributed by atoms with E-state index in [0.717, 1.165) is 49.6 Å². The summed E-state index contributed by atoms with van der Waals surface area (Å²) in [7, 11) is 0. The summed E-state index contributed by atoms with van der Waals surface area (Å²) in [4.78, 5) is 4.45. The Morgan fingerprint density at radius 3 is 2.39 bits per heavy atom. The van der Waals surface area contributed by atoms with Gasteiger partial charge >= 0.3 is 0 Å². The predicted octanol–water partition coefficient (Wildman–Crippen LogP) is 8.11. The zero-order valence-electron chi connectivity index (χ0n) is 20.5. The standard InChI is InChI=1S/C30H18N2O/c1-17-9-11-25(31-16-17)18-10-12-26-22(13-18)20-6-4-7-21-23-14-24-19-5-2-3-8-28(19)33-29(24)15-27(23)32(26)30(20)21/h2-16H,1H3/i1D3. The van der Waals surface area contributed by atoms with Gasteiger partial charge in [0.2, 0.25) is 0 Å². The lowest BCUT2D eigenvalue weighted by atomic mass is 10.0. The Morgan fingerprint density at radius 1 is 0.697 bits per heavy atom. The molecule has 0 aliphatic carbocycles. The van der Waals surface area contributed by atoms with Gasteiger partial charge in [-0.2, -0.15) is 0 Å². The number of fused-ring (bicyclic) bond motifs is 9. The fraction of sp³-hybridized carbons (Fsp3) is 0.0333. The van der Waals surface area contributed by atoms with E-state index in [9.17, 15) is 0 Å². The van der Waals surface area contributed by atoms with Crippen molar-refractivity contribution in [2.24, 2.45) is 0 Å². The smallest absolute Gasteiger partial charge is 0.137 e. The molecule has 33 heavy (non-hydrogen) atoms. The predicted molar refractivity (Wildman–Crippen MR) is 136 cm³/mol. The molecule has 0 atom stereocenters. The first-order valence-electron chi connectivity index (χ1n) is 12.5. The Labute approximate surface area is 193 Å². The van der Waals surface area contributed by atoms with Crippen molar-refractivity contribution >= 4 is 60.0 Å². The fourth-order valence-electron chi connectivity index (χ4n) is 5.42. The van der Waals surface area contributed by atoms with Gasteiger partial charge in [-0.25, -0.2) is 0 Å². The first-order chi connectivity index (χ1) is 17.5. The van der Waals surface area contributed by atoms with Crippen molar-refractivity contribution in [1.82, 2.24) is 9.38 Å². The van der Waals surface area contributed by atoms with Crippen molar-refractivity contribution in [2.45, 2.75) is 6.85 Å². The minimum absolute atomic E-state index is 0.247. The fourth-order valence-corrected chi connectivity index (χ4v) is 5.42. The van der Waals surface area contributed by atoms with Gasteiger partial charge in [-0.05, 0) is 42.7 Å². The van der Waals surface area contributed by atoms with E-state index in [1.165, 1.54) is 27.9 Å². The van der Waals surface area contributed by atoms with Crippen LogP contribution in [0.2, 0.25) is 0 Å². The molecule has 0 saturated heterocycles. The van der Waals surface area contributed by atoms with Crippen LogP contribution in [0, 0.1) is 6.85 Å². The van der Waals surface area contributed by atoms with Gasteiger partial charge in [-0.15, -0.1) is 0 Å². The Balaban J connectivity index is 1.41. The molecule has 0 fully saturated rings. The number of para-hydroxylation sites is 2. The third-order valence-electron chi connectivity index (χ3n) is 6.87. The summed E-state index contributed by atoms with van der Waals surface area (Å²) < 4.78 is 31.3. The second kappa shape index (κ2) is 5.90. The number of hydrogen-bond acceptors (Lipinski definition) is 2. The Hall–Kier alpha value is -4.37. The van der Waals surface area contributed by atoms with Crippen molar-refractivity contribution in [2.75, 3.05) is 0 Å². The van der Waals surface area contributed by atoms with Crippen LogP contribution in [0.5, 0.6) is 0 Å². The minimum Gasteiger partial charge on any atom is -0.456 e. The molecule has 0 N–H and O–H groups in total. The van der Waals surface area contributed by atoms with Crippen LogP contribution >= 0.6 is 0 Å². The molecule has 0 spiro atoms. The molecule has 0 aliphatic heterocycles. The van der Waals surface area contributed by atoms with Crippen LogP contribution in [-0.2, 0) is 0 Å². The van der Waals surface area contributed by atoms with Gasteiger partial charge in [-0.1, -0.05) is 48.5 Å². The zero-order valence-corrected chi connectivity index (χ0v) is 17.5. The van der Waals surface area contributed by atoms with Crippen LogP contribution in [0.15, 0.2) is 95.5 Å². The van der Waals surface area contributed by atoms with E-state index in [1.807, 2.05) is 18.2 Å². The molecule has 0 radical (unpaired) electrons. The Bertz CT molecular complexity index is 2130. The Morgan fingerprint density at radius 2 is 1.55 bits per heavy atom. The molecule has 8 rings (SSSR count). The van der Waals surface area contributed by atoms with E-state index in [4.69, 9.17) is 8.53 Å². The number of furan rings is 1. The highest BCUT2D eigenvalue weighted by atomic mass is 16.3. The molecule has 0 amide bonds. The van der Waals surface area contributed by atoms with Crippen molar-refractivity contribution in [3.63, 3.8) is 0 Å². The summed E-state index contributed by atoms with van der Waals surface area (Å²) in [5.74, 6) is 0. The number of aryl methyl sites for hydroxylation is 1. The van der Waals surface area contributed by atoms with Crippen LogP contribution in [0.1, 0.15) is 9.68 Å². The van der Waals surface area contributed by atoms with Gasteiger partial charge in [-0.3, -0.25) is 4.98 Å². The molecule has 0 bridgehead atoms. The van der Waals surface area contributed by atoms with E-state index in [2.05, 4.69) is 64.0 Å². The Kier molecular flexibility index (Phi) is 2.62. The van der Waals surface area contributed by atoms with Gasteiger partial charge in [0.15, 0.2) is 0 Å². The monoisotopic (exact) mass is 425 g/mol. The highest BCUT2D eigenvalue weighted by Gasteiger charge is 2.19. The van der Waals surface area contributed by atoms with E-state index < -0.39 is 6.85 Å². The van der Waals surface area contributed by atoms with E-state index >= 15 is 0 Å². The summed E-state index contributed by atoms with van der Waals surface area (Å²) >= 11 is 0. The molecule has 154 valence electrons. The second-order valence-electron chi connectivity index (χ2n) is 8.66. The third kappa shape index (κ3) is 2.16. The van der Waals surface area contributed by atoms with Gasteiger partial charge < -0.3 is 8.82 Å². The maximum Gasteiger partial charge on any atom is 0.137 e. The average Bonchev–Trinajstić information content (AvgIpc) is 3.53. The molecular formula is C30H18N2O. The van der Waals surface area contributed by atoms with Gasteiger partial charge in [0.1, 0.15) is 11.2 Å². The normalized spacial score (nSPS) is 14.1. The molecule has 3 nitrogen and oxygen atoms in total. The third-order valence-corrected chi connectivity index (χ3v) is 6.87. The lowest BCUT2D eigenvalue weighted by Crippen LogP contribution is -1.85. The molecule has 8 aromatic rings. The zero-order chi connectivity index (χ0) is 24.2. The van der Waals surface area contributed by atoms with Crippen molar-refractivity contribution in [3.05, 3.63) is 96.7 Å². The lowest BCUT2D eigenvalue weighted by molar-refractivity contribution is 0.669. The molecule has 0 aliphatic rings. The van der Waals surface area contributed by atoms with Crippen LogP contribution < -0.4 is 0 Å². The molecule has 3 heteroatoms. The molecule has 0 saturated carbocycles. The highest BCUT2D eigenvalue weighted by Crippen LogP contribution is 2.42. The van der Waals surface area contributed by atoms with Gasteiger partial charge in [0, 0.05) is 54.3 Å². The molecule has 4 aromatic heterocycles. The van der Waals surface area contributed by atoms with Gasteiger partial charge in [0.25, 0.3) is 0 Å². The number of rotatable bonds is 1.